The summed E-state index contributed by atoms with van der Waals surface area (Å²) in [5.41, 5.74) is 0. The lowest BCUT2D eigenvalue weighted by Gasteiger charge is -2.17. The number of aromatic nitrogens is 2. The van der Waals surface area contributed by atoms with Crippen LogP contribution in [0.25, 0.3) is 0 Å². The number of hydrogen-bond acceptors (Lipinski definition) is 6. The average Bonchev–Trinajstić information content (AvgIpc) is 2.89. The molecule has 0 radical (unpaired) electrons. The summed E-state index contributed by atoms with van der Waals surface area (Å²) in [6.07, 6.45) is 2.14. The van der Waals surface area contributed by atoms with Gasteiger partial charge in [-0.25, -0.2) is 9.97 Å². The standard InChI is InChI=1S/C12H18N4O3/c1-19-5-3-13-10-6-11(15-8-14-10)16-4-2-9(7-16)12(17)18/h6,8-9H,2-5,7H2,1H3,(H,17,18)(H,13,14,15). The van der Waals surface area contributed by atoms with Crippen LogP contribution in [0.15, 0.2) is 12.4 Å². The van der Waals surface area contributed by atoms with Crippen molar-refractivity contribution in [2.75, 3.05) is 43.6 Å². The largest absolute Gasteiger partial charge is 0.481 e. The first-order chi connectivity index (χ1) is 9.20. The molecule has 0 aromatic carbocycles. The molecule has 0 bridgehead atoms. The normalized spacial score (nSPS) is 18.6. The minimum Gasteiger partial charge on any atom is -0.481 e. The summed E-state index contributed by atoms with van der Waals surface area (Å²) in [4.78, 5) is 21.2. The van der Waals surface area contributed by atoms with Gasteiger partial charge >= 0.3 is 5.97 Å². The molecular formula is C12H18N4O3. The smallest absolute Gasteiger partial charge is 0.308 e. The zero-order chi connectivity index (χ0) is 13.7. The maximum Gasteiger partial charge on any atom is 0.308 e. The second-order valence-corrected chi connectivity index (χ2v) is 4.45. The van der Waals surface area contributed by atoms with E-state index in [-0.39, 0.29) is 5.92 Å². The van der Waals surface area contributed by atoms with Crippen molar-refractivity contribution in [1.82, 2.24) is 9.97 Å². The third-order valence-corrected chi connectivity index (χ3v) is 3.13. The number of carboxylic acids is 1. The Morgan fingerprint density at radius 2 is 2.47 bits per heavy atom. The lowest BCUT2D eigenvalue weighted by atomic mass is 10.1. The minimum atomic E-state index is -0.741. The molecule has 2 rings (SSSR count). The van der Waals surface area contributed by atoms with Gasteiger partial charge in [0.05, 0.1) is 12.5 Å². The third kappa shape index (κ3) is 3.54. The molecule has 104 valence electrons. The van der Waals surface area contributed by atoms with E-state index in [9.17, 15) is 4.79 Å². The van der Waals surface area contributed by atoms with Crippen molar-refractivity contribution in [3.05, 3.63) is 12.4 Å². The Morgan fingerprint density at radius 3 is 3.16 bits per heavy atom. The number of carboxylic acid groups (broad SMARTS) is 1. The quantitative estimate of drug-likeness (QED) is 0.722. The molecule has 2 N–H and O–H groups in total. The molecule has 0 amide bonds. The summed E-state index contributed by atoms with van der Waals surface area (Å²) in [5, 5.41) is 12.1. The zero-order valence-electron chi connectivity index (χ0n) is 10.9. The highest BCUT2D eigenvalue weighted by atomic mass is 16.5. The maximum absolute atomic E-state index is 10.9. The highest BCUT2D eigenvalue weighted by Crippen LogP contribution is 2.23. The van der Waals surface area contributed by atoms with Gasteiger partial charge in [-0.3, -0.25) is 4.79 Å². The molecular weight excluding hydrogens is 248 g/mol. The first-order valence-corrected chi connectivity index (χ1v) is 6.23. The number of rotatable bonds is 6. The highest BCUT2D eigenvalue weighted by Gasteiger charge is 2.28. The van der Waals surface area contributed by atoms with Crippen LogP contribution >= 0.6 is 0 Å². The Labute approximate surface area is 111 Å². The third-order valence-electron chi connectivity index (χ3n) is 3.13. The fourth-order valence-corrected chi connectivity index (χ4v) is 2.07. The predicted molar refractivity (Wildman–Crippen MR) is 70.4 cm³/mol. The predicted octanol–water partition coefficient (Wildman–Crippen LogP) is 0.446. The van der Waals surface area contributed by atoms with Crippen LogP contribution in [0, 0.1) is 5.92 Å². The van der Waals surface area contributed by atoms with Crippen molar-refractivity contribution >= 4 is 17.6 Å². The van der Waals surface area contributed by atoms with E-state index in [0.29, 0.717) is 32.7 Å². The number of hydrogen-bond donors (Lipinski definition) is 2. The van der Waals surface area contributed by atoms with Crippen LogP contribution < -0.4 is 10.2 Å². The fourth-order valence-electron chi connectivity index (χ4n) is 2.07. The molecule has 19 heavy (non-hydrogen) atoms. The first-order valence-electron chi connectivity index (χ1n) is 6.23. The SMILES string of the molecule is COCCNc1cc(N2CCC(C(=O)O)C2)ncn1. The number of carbonyl (C=O) groups is 1. The molecule has 1 aliphatic heterocycles. The Kier molecular flexibility index (Phi) is 4.51. The number of ether oxygens (including phenoxy) is 1. The van der Waals surface area contributed by atoms with Crippen molar-refractivity contribution in [3.8, 4) is 0 Å². The topological polar surface area (TPSA) is 87.6 Å². The minimum absolute atomic E-state index is 0.306. The lowest BCUT2D eigenvalue weighted by molar-refractivity contribution is -0.140. The molecule has 1 aliphatic rings. The molecule has 0 aliphatic carbocycles. The summed E-state index contributed by atoms with van der Waals surface area (Å²) in [7, 11) is 1.64. The number of anilines is 2. The highest BCUT2D eigenvalue weighted by molar-refractivity contribution is 5.72. The van der Waals surface area contributed by atoms with Crippen LogP contribution in [0.1, 0.15) is 6.42 Å². The molecule has 2 heterocycles. The monoisotopic (exact) mass is 266 g/mol. The molecule has 7 heteroatoms. The number of nitrogens with zero attached hydrogens (tertiary/aromatic N) is 3. The summed E-state index contributed by atoms with van der Waals surface area (Å²) < 4.78 is 4.95. The van der Waals surface area contributed by atoms with Gasteiger partial charge in [0, 0.05) is 32.8 Å². The van der Waals surface area contributed by atoms with Crippen molar-refractivity contribution in [2.45, 2.75) is 6.42 Å². The Bertz CT molecular complexity index is 441. The Hall–Kier alpha value is -1.89. The van der Waals surface area contributed by atoms with E-state index in [1.54, 1.807) is 7.11 Å². The van der Waals surface area contributed by atoms with E-state index in [1.165, 1.54) is 6.33 Å². The van der Waals surface area contributed by atoms with Crippen LogP contribution in [0.2, 0.25) is 0 Å². The molecule has 0 saturated carbocycles. The van der Waals surface area contributed by atoms with Crippen LogP contribution in [0.3, 0.4) is 0 Å². The van der Waals surface area contributed by atoms with Crippen LogP contribution in [-0.2, 0) is 9.53 Å². The van der Waals surface area contributed by atoms with E-state index in [2.05, 4.69) is 15.3 Å². The molecule has 1 fully saturated rings. The molecule has 1 unspecified atom stereocenters. The summed E-state index contributed by atoms with van der Waals surface area (Å²) >= 11 is 0. The number of nitrogens with one attached hydrogen (secondary N) is 1. The van der Waals surface area contributed by atoms with E-state index < -0.39 is 5.97 Å². The summed E-state index contributed by atoms with van der Waals surface area (Å²) in [6.45, 7) is 2.49. The van der Waals surface area contributed by atoms with Gasteiger partial charge in [0.25, 0.3) is 0 Å². The first kappa shape index (κ1) is 13.5. The molecule has 1 aromatic rings. The van der Waals surface area contributed by atoms with E-state index in [1.807, 2.05) is 11.0 Å². The Morgan fingerprint density at radius 1 is 1.63 bits per heavy atom. The second-order valence-electron chi connectivity index (χ2n) is 4.45. The fraction of sp³-hybridized carbons (Fsp3) is 0.583. The number of methoxy groups -OCH3 is 1. The van der Waals surface area contributed by atoms with Crippen LogP contribution in [0.5, 0.6) is 0 Å². The molecule has 1 atom stereocenters. The maximum atomic E-state index is 10.9. The lowest BCUT2D eigenvalue weighted by Crippen LogP contribution is -2.23. The summed E-state index contributed by atoms with van der Waals surface area (Å²) in [6, 6.07) is 1.83. The van der Waals surface area contributed by atoms with Crippen molar-refractivity contribution < 1.29 is 14.6 Å². The van der Waals surface area contributed by atoms with Gasteiger partial charge in [0.2, 0.25) is 0 Å². The van der Waals surface area contributed by atoms with E-state index in [0.717, 1.165) is 11.6 Å². The summed E-state index contributed by atoms with van der Waals surface area (Å²) in [5.74, 6) is 0.439. The average molecular weight is 266 g/mol. The van der Waals surface area contributed by atoms with Crippen molar-refractivity contribution in [2.24, 2.45) is 5.92 Å². The van der Waals surface area contributed by atoms with E-state index in [4.69, 9.17) is 9.84 Å². The van der Waals surface area contributed by atoms with Gasteiger partial charge in [0.15, 0.2) is 0 Å². The van der Waals surface area contributed by atoms with Crippen molar-refractivity contribution in [3.63, 3.8) is 0 Å². The van der Waals surface area contributed by atoms with Gasteiger partial charge in [0.1, 0.15) is 18.0 Å². The molecule has 1 aromatic heterocycles. The number of aliphatic carboxylic acids is 1. The van der Waals surface area contributed by atoms with Crippen LogP contribution in [-0.4, -0.2) is 54.4 Å². The molecule has 0 spiro atoms. The van der Waals surface area contributed by atoms with E-state index >= 15 is 0 Å². The second kappa shape index (κ2) is 6.33. The van der Waals surface area contributed by atoms with Crippen LogP contribution in [0.4, 0.5) is 11.6 Å². The van der Waals surface area contributed by atoms with Gasteiger partial charge in [-0.2, -0.15) is 0 Å². The van der Waals surface area contributed by atoms with Gasteiger partial charge in [-0.1, -0.05) is 0 Å². The van der Waals surface area contributed by atoms with Gasteiger partial charge < -0.3 is 20.1 Å². The van der Waals surface area contributed by atoms with Crippen molar-refractivity contribution in [1.29, 1.82) is 0 Å². The molecule has 1 saturated heterocycles. The zero-order valence-corrected chi connectivity index (χ0v) is 10.9. The van der Waals surface area contributed by atoms with Gasteiger partial charge in [-0.15, -0.1) is 0 Å². The molecule has 7 nitrogen and oxygen atoms in total. The van der Waals surface area contributed by atoms with Gasteiger partial charge in [-0.05, 0) is 6.42 Å². The Balaban J connectivity index is 1.97.